The van der Waals surface area contributed by atoms with Crippen molar-refractivity contribution in [3.8, 4) is 5.75 Å². The number of likely N-dealkylation sites (tertiary alicyclic amines) is 1. The molecular formula is C17H24ClNO2. The van der Waals surface area contributed by atoms with Crippen LogP contribution >= 0.6 is 11.6 Å². The lowest BCUT2D eigenvalue weighted by Crippen LogP contribution is -2.32. The maximum Gasteiger partial charge on any atom is 0.255 e. The topological polar surface area (TPSA) is 40.5 Å². The van der Waals surface area contributed by atoms with Gasteiger partial charge in [-0.05, 0) is 48.8 Å². The van der Waals surface area contributed by atoms with Crippen molar-refractivity contribution in [3.05, 3.63) is 28.8 Å². The lowest BCUT2D eigenvalue weighted by atomic mass is 9.77. The van der Waals surface area contributed by atoms with Crippen LogP contribution in [-0.4, -0.2) is 29.0 Å². The number of rotatable bonds is 1. The predicted octanol–water partition coefficient (Wildman–Crippen LogP) is 4.33. The van der Waals surface area contributed by atoms with E-state index in [1.54, 1.807) is 6.07 Å². The van der Waals surface area contributed by atoms with Gasteiger partial charge in [0.2, 0.25) is 0 Å². The van der Waals surface area contributed by atoms with Crippen molar-refractivity contribution in [1.82, 2.24) is 4.90 Å². The third-order valence-electron chi connectivity index (χ3n) is 4.42. The van der Waals surface area contributed by atoms with Crippen LogP contribution < -0.4 is 0 Å². The van der Waals surface area contributed by atoms with Gasteiger partial charge in [0.05, 0.1) is 10.6 Å². The van der Waals surface area contributed by atoms with E-state index in [-0.39, 0.29) is 17.1 Å². The Balaban J connectivity index is 2.12. The van der Waals surface area contributed by atoms with Gasteiger partial charge in [0.1, 0.15) is 5.75 Å². The number of nitrogens with zero attached hydrogens (tertiary/aromatic N) is 1. The van der Waals surface area contributed by atoms with Gasteiger partial charge < -0.3 is 10.0 Å². The lowest BCUT2D eigenvalue weighted by molar-refractivity contribution is 0.0755. The van der Waals surface area contributed by atoms with Crippen molar-refractivity contribution in [3.63, 3.8) is 0 Å². The fraction of sp³-hybridized carbons (Fsp3) is 0.588. The highest BCUT2D eigenvalue weighted by Gasteiger charge is 2.29. The van der Waals surface area contributed by atoms with E-state index in [9.17, 15) is 9.90 Å². The average Bonchev–Trinajstić information content (AvgIpc) is 2.66. The Labute approximate surface area is 131 Å². The second kappa shape index (κ2) is 6.27. The smallest absolute Gasteiger partial charge is 0.255 e. The van der Waals surface area contributed by atoms with E-state index in [0.29, 0.717) is 16.5 Å². The summed E-state index contributed by atoms with van der Waals surface area (Å²) in [5.41, 5.74) is 0.674. The lowest BCUT2D eigenvalue weighted by Gasteiger charge is -2.29. The molecule has 1 fully saturated rings. The van der Waals surface area contributed by atoms with Gasteiger partial charge in [0, 0.05) is 13.1 Å². The minimum absolute atomic E-state index is 0.0742. The molecule has 1 N–H and O–H groups in total. The Morgan fingerprint density at radius 2 is 2.00 bits per heavy atom. The molecule has 116 valence electrons. The molecule has 1 amide bonds. The highest BCUT2D eigenvalue weighted by molar-refractivity contribution is 6.33. The minimum Gasteiger partial charge on any atom is -0.508 e. The Morgan fingerprint density at radius 1 is 1.29 bits per heavy atom. The molecule has 1 atom stereocenters. The molecule has 1 saturated heterocycles. The number of phenols is 1. The Hall–Kier alpha value is -1.22. The van der Waals surface area contributed by atoms with Crippen molar-refractivity contribution < 1.29 is 9.90 Å². The SMILES string of the molecule is CC(C)(C)C1CCCN(C(=O)c2cc(O)ccc2Cl)CC1. The number of hydrogen-bond acceptors (Lipinski definition) is 2. The number of hydrogen-bond donors (Lipinski definition) is 1. The van der Waals surface area contributed by atoms with Crippen molar-refractivity contribution >= 4 is 17.5 Å². The van der Waals surface area contributed by atoms with Gasteiger partial charge in [-0.1, -0.05) is 32.4 Å². The summed E-state index contributed by atoms with van der Waals surface area (Å²) in [5.74, 6) is 0.630. The predicted molar refractivity (Wildman–Crippen MR) is 85.8 cm³/mol. The van der Waals surface area contributed by atoms with E-state index in [4.69, 9.17) is 11.6 Å². The van der Waals surface area contributed by atoms with Crippen LogP contribution in [0.15, 0.2) is 18.2 Å². The van der Waals surface area contributed by atoms with E-state index < -0.39 is 0 Å². The number of benzene rings is 1. The average molecular weight is 310 g/mol. The van der Waals surface area contributed by atoms with E-state index >= 15 is 0 Å². The molecule has 3 nitrogen and oxygen atoms in total. The van der Waals surface area contributed by atoms with Crippen molar-refractivity contribution in [2.75, 3.05) is 13.1 Å². The molecule has 0 radical (unpaired) electrons. The summed E-state index contributed by atoms with van der Waals surface area (Å²) in [4.78, 5) is 14.5. The number of amides is 1. The van der Waals surface area contributed by atoms with Gasteiger partial charge in [0.25, 0.3) is 5.91 Å². The third kappa shape index (κ3) is 3.91. The zero-order valence-corrected chi connectivity index (χ0v) is 13.8. The maximum atomic E-state index is 12.6. The van der Waals surface area contributed by atoms with Gasteiger partial charge in [-0.15, -0.1) is 0 Å². The zero-order chi connectivity index (χ0) is 15.6. The molecule has 0 aromatic heterocycles. The van der Waals surface area contributed by atoms with Crippen LogP contribution in [0.4, 0.5) is 0 Å². The Kier molecular flexibility index (Phi) is 4.82. The van der Waals surface area contributed by atoms with Crippen LogP contribution in [0, 0.1) is 11.3 Å². The maximum absolute atomic E-state index is 12.6. The summed E-state index contributed by atoms with van der Waals surface area (Å²) in [6.07, 6.45) is 3.19. The molecule has 1 unspecified atom stereocenters. The molecule has 21 heavy (non-hydrogen) atoms. The van der Waals surface area contributed by atoms with E-state index in [2.05, 4.69) is 20.8 Å². The molecule has 1 aliphatic rings. The van der Waals surface area contributed by atoms with Crippen molar-refractivity contribution in [1.29, 1.82) is 0 Å². The van der Waals surface area contributed by atoms with E-state index in [1.165, 1.54) is 12.1 Å². The van der Waals surface area contributed by atoms with E-state index in [0.717, 1.165) is 32.4 Å². The van der Waals surface area contributed by atoms with Crippen molar-refractivity contribution in [2.24, 2.45) is 11.3 Å². The minimum atomic E-state index is -0.0783. The van der Waals surface area contributed by atoms with Crippen LogP contribution in [0.1, 0.15) is 50.4 Å². The molecule has 1 aromatic rings. The largest absolute Gasteiger partial charge is 0.508 e. The summed E-state index contributed by atoms with van der Waals surface area (Å²) in [5, 5.41) is 9.96. The summed E-state index contributed by atoms with van der Waals surface area (Å²) < 4.78 is 0. The monoisotopic (exact) mass is 309 g/mol. The molecule has 0 bridgehead atoms. The molecule has 1 aromatic carbocycles. The number of aromatic hydroxyl groups is 1. The number of carbonyl (C=O) groups is 1. The second-order valence-electron chi connectivity index (χ2n) is 6.95. The second-order valence-corrected chi connectivity index (χ2v) is 7.36. The summed E-state index contributed by atoms with van der Waals surface area (Å²) in [7, 11) is 0. The zero-order valence-electron chi connectivity index (χ0n) is 13.0. The fourth-order valence-electron chi connectivity index (χ4n) is 3.01. The molecule has 1 aliphatic heterocycles. The van der Waals surface area contributed by atoms with E-state index in [1.807, 2.05) is 4.90 Å². The summed E-state index contributed by atoms with van der Waals surface area (Å²) in [6.45, 7) is 8.31. The molecule has 2 rings (SSSR count). The number of carbonyl (C=O) groups excluding carboxylic acids is 1. The molecule has 1 heterocycles. The highest BCUT2D eigenvalue weighted by atomic mass is 35.5. The third-order valence-corrected chi connectivity index (χ3v) is 4.75. The standard InChI is InChI=1S/C17H24ClNO2/c1-17(2,3)12-5-4-9-19(10-8-12)16(21)14-11-13(20)6-7-15(14)18/h6-7,11-12,20H,4-5,8-10H2,1-3H3. The molecular weight excluding hydrogens is 286 g/mol. The van der Waals surface area contributed by atoms with Crippen LogP contribution in [0.25, 0.3) is 0 Å². The fourth-order valence-corrected chi connectivity index (χ4v) is 3.21. The highest BCUT2D eigenvalue weighted by Crippen LogP contribution is 2.34. The van der Waals surface area contributed by atoms with Gasteiger partial charge in [-0.3, -0.25) is 4.79 Å². The molecule has 0 saturated carbocycles. The number of halogens is 1. The first-order valence-electron chi connectivity index (χ1n) is 7.57. The normalized spacial score (nSPS) is 20.2. The Bertz CT molecular complexity index is 522. The van der Waals surface area contributed by atoms with Gasteiger partial charge in [-0.25, -0.2) is 0 Å². The first kappa shape index (κ1) is 16.2. The summed E-state index contributed by atoms with van der Waals surface area (Å²) in [6, 6.07) is 4.52. The molecule has 4 heteroatoms. The summed E-state index contributed by atoms with van der Waals surface area (Å²) >= 11 is 6.09. The van der Waals surface area contributed by atoms with Gasteiger partial charge in [0.15, 0.2) is 0 Å². The van der Waals surface area contributed by atoms with Crippen molar-refractivity contribution in [2.45, 2.75) is 40.0 Å². The molecule has 0 aliphatic carbocycles. The molecule has 0 spiro atoms. The first-order chi connectivity index (χ1) is 9.79. The van der Waals surface area contributed by atoms with Crippen LogP contribution in [0.2, 0.25) is 5.02 Å². The number of phenolic OH excluding ortho intramolecular Hbond substituents is 1. The first-order valence-corrected chi connectivity index (χ1v) is 7.94. The van der Waals surface area contributed by atoms with Crippen LogP contribution in [0.3, 0.4) is 0 Å². The van der Waals surface area contributed by atoms with Gasteiger partial charge in [-0.2, -0.15) is 0 Å². The van der Waals surface area contributed by atoms with Crippen LogP contribution in [-0.2, 0) is 0 Å². The van der Waals surface area contributed by atoms with Crippen LogP contribution in [0.5, 0.6) is 5.75 Å². The quantitative estimate of drug-likeness (QED) is 0.838. The van der Waals surface area contributed by atoms with Gasteiger partial charge >= 0.3 is 0 Å². The Morgan fingerprint density at radius 3 is 2.67 bits per heavy atom.